The van der Waals surface area contributed by atoms with Crippen molar-refractivity contribution in [1.82, 2.24) is 10.3 Å². The lowest BCUT2D eigenvalue weighted by molar-refractivity contribution is -0.118. The molecule has 0 saturated carbocycles. The monoisotopic (exact) mass is 294 g/mol. The number of carbonyl (C=O) groups is 1. The highest BCUT2D eigenvalue weighted by Gasteiger charge is 2.30. The van der Waals surface area contributed by atoms with Crippen LogP contribution >= 0.6 is 11.8 Å². The van der Waals surface area contributed by atoms with Crippen LogP contribution < -0.4 is 5.32 Å². The van der Waals surface area contributed by atoms with E-state index in [2.05, 4.69) is 24.1 Å². The van der Waals surface area contributed by atoms with Crippen LogP contribution in [-0.2, 0) is 9.53 Å². The van der Waals surface area contributed by atoms with Crippen molar-refractivity contribution in [2.45, 2.75) is 31.3 Å². The van der Waals surface area contributed by atoms with Gasteiger partial charge in [-0.25, -0.2) is 0 Å². The van der Waals surface area contributed by atoms with Gasteiger partial charge in [0.1, 0.15) is 0 Å². The molecule has 0 unspecified atom stereocenters. The third kappa shape index (κ3) is 4.49. The topological polar surface area (TPSA) is 51.2 Å². The van der Waals surface area contributed by atoms with E-state index in [4.69, 9.17) is 4.74 Å². The Morgan fingerprint density at radius 1 is 1.50 bits per heavy atom. The van der Waals surface area contributed by atoms with Gasteiger partial charge in [0.25, 0.3) is 0 Å². The molecule has 0 spiro atoms. The number of aromatic nitrogens is 1. The Labute approximate surface area is 124 Å². The second kappa shape index (κ2) is 7.64. The minimum Gasteiger partial charge on any atom is -0.378 e. The van der Waals surface area contributed by atoms with Crippen LogP contribution in [0.3, 0.4) is 0 Å². The first-order valence-electron chi connectivity index (χ1n) is 7.08. The summed E-state index contributed by atoms with van der Waals surface area (Å²) >= 11 is 1.53. The molecule has 1 aromatic heterocycles. The molecule has 2 atom stereocenters. The van der Waals surface area contributed by atoms with Crippen LogP contribution in [0.1, 0.15) is 20.3 Å². The van der Waals surface area contributed by atoms with E-state index in [0.29, 0.717) is 17.6 Å². The number of carbonyl (C=O) groups excluding carboxylic acids is 1. The van der Waals surface area contributed by atoms with Gasteiger partial charge in [-0.2, -0.15) is 0 Å². The highest BCUT2D eigenvalue weighted by molar-refractivity contribution is 8.00. The lowest BCUT2D eigenvalue weighted by Crippen LogP contribution is -2.35. The summed E-state index contributed by atoms with van der Waals surface area (Å²) in [6.45, 7) is 5.88. The van der Waals surface area contributed by atoms with Crippen molar-refractivity contribution < 1.29 is 9.53 Å². The third-order valence-electron chi connectivity index (χ3n) is 3.50. The molecule has 2 heterocycles. The lowest BCUT2D eigenvalue weighted by atomic mass is 9.93. The average Bonchev–Trinajstić information content (AvgIpc) is 2.92. The Morgan fingerprint density at radius 2 is 2.25 bits per heavy atom. The van der Waals surface area contributed by atoms with Gasteiger partial charge < -0.3 is 10.1 Å². The normalized spacial score (nSPS) is 22.1. The van der Waals surface area contributed by atoms with E-state index in [1.807, 2.05) is 12.1 Å². The lowest BCUT2D eigenvalue weighted by Gasteiger charge is -2.22. The summed E-state index contributed by atoms with van der Waals surface area (Å²) in [5.74, 6) is 1.49. The van der Waals surface area contributed by atoms with E-state index >= 15 is 0 Å². The molecule has 2 rings (SSSR count). The number of ether oxygens (including phenoxy) is 1. The van der Waals surface area contributed by atoms with Crippen LogP contribution in [0.5, 0.6) is 0 Å². The summed E-state index contributed by atoms with van der Waals surface area (Å²) < 4.78 is 5.73. The molecule has 0 aliphatic carbocycles. The third-order valence-corrected chi connectivity index (χ3v) is 4.51. The highest BCUT2D eigenvalue weighted by Crippen LogP contribution is 2.26. The van der Waals surface area contributed by atoms with Gasteiger partial charge in [0.2, 0.25) is 5.91 Å². The molecule has 1 aliphatic rings. The van der Waals surface area contributed by atoms with E-state index in [1.165, 1.54) is 11.8 Å². The van der Waals surface area contributed by atoms with Crippen LogP contribution in [0.15, 0.2) is 29.4 Å². The Bertz CT molecular complexity index is 425. The Hall–Kier alpha value is -1.07. The van der Waals surface area contributed by atoms with Crippen LogP contribution in [0.25, 0.3) is 0 Å². The summed E-state index contributed by atoms with van der Waals surface area (Å²) in [6.07, 6.45) is 4.80. The van der Waals surface area contributed by atoms with Crippen LogP contribution in [0.4, 0.5) is 0 Å². The summed E-state index contributed by atoms with van der Waals surface area (Å²) in [4.78, 5) is 16.9. The Kier molecular flexibility index (Phi) is 5.86. The van der Waals surface area contributed by atoms with E-state index < -0.39 is 0 Å². The van der Waals surface area contributed by atoms with Crippen molar-refractivity contribution in [2.24, 2.45) is 11.8 Å². The van der Waals surface area contributed by atoms with Crippen molar-refractivity contribution in [1.29, 1.82) is 0 Å². The number of pyridine rings is 1. The fourth-order valence-corrected chi connectivity index (χ4v) is 3.20. The van der Waals surface area contributed by atoms with Crippen LogP contribution in [-0.4, -0.2) is 35.9 Å². The molecule has 0 aromatic carbocycles. The van der Waals surface area contributed by atoms with Gasteiger partial charge >= 0.3 is 0 Å². The zero-order valence-corrected chi connectivity index (χ0v) is 12.9. The zero-order chi connectivity index (χ0) is 14.4. The maximum atomic E-state index is 11.9. The molecule has 20 heavy (non-hydrogen) atoms. The van der Waals surface area contributed by atoms with Gasteiger partial charge in [-0.1, -0.05) is 13.8 Å². The molecule has 1 amide bonds. The molecule has 1 aromatic rings. The van der Waals surface area contributed by atoms with Gasteiger partial charge in [-0.15, -0.1) is 11.8 Å². The fraction of sp³-hybridized carbons (Fsp3) is 0.600. The molecule has 110 valence electrons. The van der Waals surface area contributed by atoms with Crippen molar-refractivity contribution >= 4 is 17.7 Å². The first-order valence-corrected chi connectivity index (χ1v) is 8.06. The molecule has 0 bridgehead atoms. The first-order chi connectivity index (χ1) is 9.66. The minimum absolute atomic E-state index is 0.0845. The first kappa shape index (κ1) is 15.3. The number of nitrogens with zero attached hydrogens (tertiary/aromatic N) is 1. The molecule has 1 N–H and O–H groups in total. The van der Waals surface area contributed by atoms with Crippen LogP contribution in [0.2, 0.25) is 0 Å². The van der Waals surface area contributed by atoms with Gasteiger partial charge in [-0.05, 0) is 24.5 Å². The number of amides is 1. The summed E-state index contributed by atoms with van der Waals surface area (Å²) in [6, 6.07) is 3.83. The standard InChI is InChI=1S/C15H22N2O2S/c1-11(2)15-12(5-8-19-15)9-17-14(18)10-20-13-3-6-16-7-4-13/h3-4,6-7,11-12,15H,5,8-10H2,1-2H3,(H,17,18)/t12-,15+/m1/s1. The van der Waals surface area contributed by atoms with Crippen molar-refractivity contribution in [3.8, 4) is 0 Å². The van der Waals surface area contributed by atoms with E-state index in [0.717, 1.165) is 24.5 Å². The number of rotatable bonds is 6. The number of hydrogen-bond donors (Lipinski definition) is 1. The molecule has 1 aliphatic heterocycles. The molecule has 1 fully saturated rings. The predicted octanol–water partition coefficient (Wildman–Crippen LogP) is 2.35. The van der Waals surface area contributed by atoms with E-state index in [-0.39, 0.29) is 12.0 Å². The van der Waals surface area contributed by atoms with Crippen molar-refractivity contribution in [2.75, 3.05) is 18.9 Å². The number of hydrogen-bond acceptors (Lipinski definition) is 4. The number of nitrogens with one attached hydrogen (secondary N) is 1. The van der Waals surface area contributed by atoms with E-state index in [9.17, 15) is 4.79 Å². The molecule has 5 heteroatoms. The van der Waals surface area contributed by atoms with Crippen LogP contribution in [0, 0.1) is 11.8 Å². The van der Waals surface area contributed by atoms with Gasteiger partial charge in [0.15, 0.2) is 0 Å². The maximum Gasteiger partial charge on any atom is 0.230 e. The molecular formula is C15H22N2O2S. The molecular weight excluding hydrogens is 272 g/mol. The maximum absolute atomic E-state index is 11.9. The zero-order valence-electron chi connectivity index (χ0n) is 12.0. The molecule has 0 radical (unpaired) electrons. The Balaban J connectivity index is 1.70. The minimum atomic E-state index is 0.0845. The summed E-state index contributed by atoms with van der Waals surface area (Å²) in [5, 5.41) is 3.02. The summed E-state index contributed by atoms with van der Waals surface area (Å²) in [5.41, 5.74) is 0. The molecule has 4 nitrogen and oxygen atoms in total. The average molecular weight is 294 g/mol. The second-order valence-electron chi connectivity index (χ2n) is 5.40. The summed E-state index contributed by atoms with van der Waals surface area (Å²) in [7, 11) is 0. The van der Waals surface area contributed by atoms with Gasteiger partial charge in [0, 0.05) is 36.4 Å². The fourth-order valence-electron chi connectivity index (χ4n) is 2.49. The van der Waals surface area contributed by atoms with Crippen molar-refractivity contribution in [3.05, 3.63) is 24.5 Å². The second-order valence-corrected chi connectivity index (χ2v) is 6.45. The van der Waals surface area contributed by atoms with Gasteiger partial charge in [0.05, 0.1) is 11.9 Å². The predicted molar refractivity (Wildman–Crippen MR) is 80.7 cm³/mol. The quantitative estimate of drug-likeness (QED) is 0.818. The van der Waals surface area contributed by atoms with E-state index in [1.54, 1.807) is 12.4 Å². The largest absolute Gasteiger partial charge is 0.378 e. The Morgan fingerprint density at radius 3 is 2.95 bits per heavy atom. The number of thioether (sulfide) groups is 1. The highest BCUT2D eigenvalue weighted by atomic mass is 32.2. The smallest absolute Gasteiger partial charge is 0.230 e. The van der Waals surface area contributed by atoms with Gasteiger partial charge in [-0.3, -0.25) is 9.78 Å². The SMILES string of the molecule is CC(C)[C@@H]1OCC[C@@H]1CNC(=O)CSc1ccncc1. The van der Waals surface area contributed by atoms with Crippen molar-refractivity contribution in [3.63, 3.8) is 0 Å². The molecule has 1 saturated heterocycles.